The third kappa shape index (κ3) is 3.76. The highest BCUT2D eigenvalue weighted by Gasteiger charge is 2.10. The molecule has 0 saturated carbocycles. The van der Waals surface area contributed by atoms with Crippen molar-refractivity contribution in [2.45, 2.75) is 13.5 Å². The molecule has 0 aliphatic rings. The number of anilines is 1. The smallest absolute Gasteiger partial charge is 0.252 e. The molecule has 0 aliphatic carbocycles. The number of benzene rings is 2. The van der Waals surface area contributed by atoms with Crippen LogP contribution in [0.3, 0.4) is 0 Å². The molecule has 0 aromatic heterocycles. The number of nitrogens with one attached hydrogen (secondary N) is 1. The Hall–Kier alpha value is -2.01. The number of ether oxygens (including phenoxy) is 1. The van der Waals surface area contributed by atoms with Crippen LogP contribution in [0.5, 0.6) is 5.75 Å². The third-order valence-electron chi connectivity index (χ3n) is 3.11. The van der Waals surface area contributed by atoms with Gasteiger partial charge in [-0.15, -0.1) is 0 Å². The first-order chi connectivity index (χ1) is 10.0. The normalized spacial score (nSPS) is 10.2. The number of nitrogen functional groups attached to an aromatic ring is 1. The fourth-order valence-corrected chi connectivity index (χ4v) is 2.41. The molecule has 0 unspecified atom stereocenters. The number of carbonyl (C=O) groups is 1. The van der Waals surface area contributed by atoms with Gasteiger partial charge in [0.2, 0.25) is 0 Å². The number of rotatable bonds is 4. The summed E-state index contributed by atoms with van der Waals surface area (Å²) in [6.07, 6.45) is 0. The molecule has 0 saturated heterocycles. The molecule has 0 aliphatic heterocycles. The number of nitrogens with two attached hydrogens (primary N) is 1. The number of hydrogen-bond acceptors (Lipinski definition) is 3. The monoisotopic (exact) mass is 348 g/mol. The Balaban J connectivity index is 2.07. The summed E-state index contributed by atoms with van der Waals surface area (Å²) in [5.74, 6) is 0.506. The van der Waals surface area contributed by atoms with Crippen LogP contribution in [0.1, 0.15) is 21.5 Å². The maximum absolute atomic E-state index is 12.2. The standard InChI is InChI=1S/C16H17BrN2O2/c1-10-3-5-13(17)12(7-10)16(20)19-9-11-4-6-15(21-2)14(18)8-11/h3-8H,9,18H2,1-2H3,(H,19,20). The van der Waals surface area contributed by atoms with Crippen LogP contribution in [0.25, 0.3) is 0 Å². The van der Waals surface area contributed by atoms with Crippen LogP contribution in [0.4, 0.5) is 5.69 Å². The largest absolute Gasteiger partial charge is 0.495 e. The number of hydrogen-bond donors (Lipinski definition) is 2. The molecule has 0 heterocycles. The van der Waals surface area contributed by atoms with Crippen LogP contribution in [0, 0.1) is 6.92 Å². The summed E-state index contributed by atoms with van der Waals surface area (Å²) in [5, 5.41) is 2.88. The predicted molar refractivity (Wildman–Crippen MR) is 87.5 cm³/mol. The van der Waals surface area contributed by atoms with Crippen molar-refractivity contribution >= 4 is 27.5 Å². The van der Waals surface area contributed by atoms with Gasteiger partial charge < -0.3 is 15.8 Å². The van der Waals surface area contributed by atoms with Crippen molar-refractivity contribution in [1.29, 1.82) is 0 Å². The van der Waals surface area contributed by atoms with Crippen LogP contribution in [-0.2, 0) is 6.54 Å². The highest BCUT2D eigenvalue weighted by molar-refractivity contribution is 9.10. The molecular weight excluding hydrogens is 332 g/mol. The lowest BCUT2D eigenvalue weighted by molar-refractivity contribution is 0.0950. The van der Waals surface area contributed by atoms with Gasteiger partial charge in [-0.3, -0.25) is 4.79 Å². The Morgan fingerprint density at radius 2 is 2.05 bits per heavy atom. The molecule has 0 bridgehead atoms. The molecule has 4 nitrogen and oxygen atoms in total. The molecule has 3 N–H and O–H groups in total. The van der Waals surface area contributed by atoms with Crippen molar-refractivity contribution in [3.63, 3.8) is 0 Å². The van der Waals surface area contributed by atoms with Crippen LogP contribution >= 0.6 is 15.9 Å². The fraction of sp³-hybridized carbons (Fsp3) is 0.188. The van der Waals surface area contributed by atoms with Gasteiger partial charge in [0.05, 0.1) is 18.4 Å². The van der Waals surface area contributed by atoms with Gasteiger partial charge in [0, 0.05) is 11.0 Å². The van der Waals surface area contributed by atoms with Crippen molar-refractivity contribution in [2.75, 3.05) is 12.8 Å². The second-order valence-electron chi connectivity index (χ2n) is 4.74. The van der Waals surface area contributed by atoms with Gasteiger partial charge in [0.15, 0.2) is 0 Å². The van der Waals surface area contributed by atoms with Crippen molar-refractivity contribution in [3.05, 3.63) is 57.6 Å². The zero-order valence-corrected chi connectivity index (χ0v) is 13.5. The van der Waals surface area contributed by atoms with Gasteiger partial charge in [0.25, 0.3) is 5.91 Å². The quantitative estimate of drug-likeness (QED) is 0.833. The van der Waals surface area contributed by atoms with Crippen LogP contribution in [-0.4, -0.2) is 13.0 Å². The first kappa shape index (κ1) is 15.4. The number of carbonyl (C=O) groups excluding carboxylic acids is 1. The molecule has 0 spiro atoms. The zero-order valence-electron chi connectivity index (χ0n) is 11.9. The Morgan fingerprint density at radius 1 is 1.29 bits per heavy atom. The topological polar surface area (TPSA) is 64.3 Å². The molecular formula is C16H17BrN2O2. The molecule has 1 amide bonds. The summed E-state index contributed by atoms with van der Waals surface area (Å²) in [6.45, 7) is 2.36. The summed E-state index contributed by atoms with van der Waals surface area (Å²) in [6, 6.07) is 11.1. The van der Waals surface area contributed by atoms with Gasteiger partial charge in [-0.05, 0) is 52.7 Å². The van der Waals surface area contributed by atoms with E-state index in [-0.39, 0.29) is 5.91 Å². The molecule has 0 radical (unpaired) electrons. The van der Waals surface area contributed by atoms with Gasteiger partial charge in [-0.1, -0.05) is 17.7 Å². The zero-order chi connectivity index (χ0) is 15.4. The van der Waals surface area contributed by atoms with E-state index in [9.17, 15) is 4.79 Å². The third-order valence-corrected chi connectivity index (χ3v) is 3.81. The van der Waals surface area contributed by atoms with Crippen molar-refractivity contribution in [3.8, 4) is 5.75 Å². The average molecular weight is 349 g/mol. The van der Waals surface area contributed by atoms with Gasteiger partial charge in [-0.25, -0.2) is 0 Å². The predicted octanol–water partition coefficient (Wildman–Crippen LogP) is 3.28. The second-order valence-corrected chi connectivity index (χ2v) is 5.60. The summed E-state index contributed by atoms with van der Waals surface area (Å²) < 4.78 is 5.88. The number of aryl methyl sites for hydroxylation is 1. The Bertz CT molecular complexity index is 671. The van der Waals surface area contributed by atoms with E-state index in [4.69, 9.17) is 10.5 Å². The Morgan fingerprint density at radius 3 is 2.71 bits per heavy atom. The summed E-state index contributed by atoms with van der Waals surface area (Å²) in [7, 11) is 1.57. The SMILES string of the molecule is COc1ccc(CNC(=O)c2cc(C)ccc2Br)cc1N. The molecule has 0 fully saturated rings. The number of methoxy groups -OCH3 is 1. The Kier molecular flexibility index (Phi) is 4.85. The van der Waals surface area contributed by atoms with Crippen LogP contribution in [0.2, 0.25) is 0 Å². The molecule has 2 aromatic carbocycles. The second kappa shape index (κ2) is 6.63. The van der Waals surface area contributed by atoms with Gasteiger partial charge in [0.1, 0.15) is 5.75 Å². The highest BCUT2D eigenvalue weighted by Crippen LogP contribution is 2.22. The lowest BCUT2D eigenvalue weighted by atomic mass is 10.1. The minimum atomic E-state index is -0.125. The lowest BCUT2D eigenvalue weighted by Gasteiger charge is -2.10. The molecule has 21 heavy (non-hydrogen) atoms. The molecule has 110 valence electrons. The molecule has 0 atom stereocenters. The highest BCUT2D eigenvalue weighted by atomic mass is 79.9. The van der Waals surface area contributed by atoms with Crippen molar-refractivity contribution in [1.82, 2.24) is 5.32 Å². The van der Waals surface area contributed by atoms with E-state index in [0.717, 1.165) is 15.6 Å². The number of amides is 1. The van der Waals surface area contributed by atoms with E-state index < -0.39 is 0 Å². The first-order valence-corrected chi connectivity index (χ1v) is 7.27. The lowest BCUT2D eigenvalue weighted by Crippen LogP contribution is -2.23. The van der Waals surface area contributed by atoms with Gasteiger partial charge >= 0.3 is 0 Å². The summed E-state index contributed by atoms with van der Waals surface area (Å²) >= 11 is 3.39. The van der Waals surface area contributed by atoms with E-state index in [0.29, 0.717) is 23.5 Å². The van der Waals surface area contributed by atoms with Crippen LogP contribution < -0.4 is 15.8 Å². The van der Waals surface area contributed by atoms with E-state index >= 15 is 0 Å². The Labute approximate surface area is 132 Å². The maximum atomic E-state index is 12.2. The molecule has 5 heteroatoms. The van der Waals surface area contributed by atoms with E-state index in [1.165, 1.54) is 0 Å². The van der Waals surface area contributed by atoms with E-state index in [1.54, 1.807) is 19.2 Å². The van der Waals surface area contributed by atoms with E-state index in [1.807, 2.05) is 31.2 Å². The summed E-state index contributed by atoms with van der Waals surface area (Å²) in [4.78, 5) is 12.2. The molecule has 2 aromatic rings. The van der Waals surface area contributed by atoms with E-state index in [2.05, 4.69) is 21.2 Å². The average Bonchev–Trinajstić information content (AvgIpc) is 2.47. The van der Waals surface area contributed by atoms with Crippen molar-refractivity contribution < 1.29 is 9.53 Å². The maximum Gasteiger partial charge on any atom is 0.252 e. The summed E-state index contributed by atoms with van der Waals surface area (Å²) in [5.41, 5.74) is 8.99. The number of halogens is 1. The minimum absolute atomic E-state index is 0.125. The minimum Gasteiger partial charge on any atom is -0.495 e. The molecule has 2 rings (SSSR count). The fourth-order valence-electron chi connectivity index (χ4n) is 1.98. The first-order valence-electron chi connectivity index (χ1n) is 6.48. The van der Waals surface area contributed by atoms with Crippen molar-refractivity contribution in [2.24, 2.45) is 0 Å². The van der Waals surface area contributed by atoms with Gasteiger partial charge in [-0.2, -0.15) is 0 Å². The van der Waals surface area contributed by atoms with Crippen LogP contribution in [0.15, 0.2) is 40.9 Å².